The van der Waals surface area contributed by atoms with E-state index in [1.165, 1.54) is 36.9 Å². The van der Waals surface area contributed by atoms with Gasteiger partial charge in [0.25, 0.3) is 0 Å². The Bertz CT molecular complexity index is 635. The predicted molar refractivity (Wildman–Crippen MR) is 124 cm³/mol. The van der Waals surface area contributed by atoms with Crippen LogP contribution in [0.3, 0.4) is 0 Å². The van der Waals surface area contributed by atoms with Crippen molar-refractivity contribution in [2.75, 3.05) is 57.5 Å². The molecule has 6 nitrogen and oxygen atoms in total. The molecule has 1 heterocycles. The smallest absolute Gasteiger partial charge is 0.191 e. The van der Waals surface area contributed by atoms with Crippen LogP contribution in [0.1, 0.15) is 51.5 Å². The molecule has 2 N–H and O–H groups in total. The number of ether oxygens (including phenoxy) is 2. The minimum atomic E-state index is 0.352. The van der Waals surface area contributed by atoms with Crippen LogP contribution in [-0.2, 0) is 16.0 Å². The van der Waals surface area contributed by atoms with E-state index < -0.39 is 0 Å². The van der Waals surface area contributed by atoms with Gasteiger partial charge in [0.15, 0.2) is 5.96 Å². The van der Waals surface area contributed by atoms with Gasteiger partial charge in [-0.2, -0.15) is 0 Å². The lowest BCUT2D eigenvalue weighted by atomic mass is 9.83. The van der Waals surface area contributed by atoms with Gasteiger partial charge in [0.2, 0.25) is 0 Å². The molecule has 1 aromatic rings. The first kappa shape index (κ1) is 22.9. The monoisotopic (exact) mass is 416 g/mol. The van der Waals surface area contributed by atoms with Crippen molar-refractivity contribution < 1.29 is 9.47 Å². The summed E-state index contributed by atoms with van der Waals surface area (Å²) in [5.41, 5.74) is 2.86. The van der Waals surface area contributed by atoms with Gasteiger partial charge in [-0.25, -0.2) is 4.99 Å². The van der Waals surface area contributed by atoms with E-state index >= 15 is 0 Å². The van der Waals surface area contributed by atoms with Gasteiger partial charge in [-0.3, -0.25) is 0 Å². The molecule has 1 aliphatic heterocycles. The quantitative estimate of drug-likeness (QED) is 0.347. The van der Waals surface area contributed by atoms with Gasteiger partial charge in [-0.15, -0.1) is 0 Å². The van der Waals surface area contributed by atoms with Crippen molar-refractivity contribution in [2.45, 2.75) is 52.5 Å². The lowest BCUT2D eigenvalue weighted by molar-refractivity contribution is 0.105. The molecule has 0 aromatic heterocycles. The third-order valence-corrected chi connectivity index (χ3v) is 6.35. The van der Waals surface area contributed by atoms with Crippen molar-refractivity contribution in [3.63, 3.8) is 0 Å². The second kappa shape index (κ2) is 12.2. The molecule has 0 amide bonds. The summed E-state index contributed by atoms with van der Waals surface area (Å²) in [7, 11) is 0. The van der Waals surface area contributed by atoms with Crippen LogP contribution >= 0.6 is 0 Å². The molecule has 6 heteroatoms. The zero-order valence-electron chi connectivity index (χ0n) is 18.9. The Hall–Kier alpha value is -1.79. The van der Waals surface area contributed by atoms with Gasteiger partial charge >= 0.3 is 0 Å². The highest BCUT2D eigenvalue weighted by molar-refractivity contribution is 5.79. The molecule has 0 bridgehead atoms. The second-order valence-corrected chi connectivity index (χ2v) is 8.47. The van der Waals surface area contributed by atoms with Crippen molar-refractivity contribution in [3.05, 3.63) is 29.8 Å². The fourth-order valence-corrected chi connectivity index (χ4v) is 4.49. The molecule has 0 radical (unpaired) electrons. The van der Waals surface area contributed by atoms with Crippen LogP contribution in [0, 0.1) is 5.41 Å². The van der Waals surface area contributed by atoms with Gasteiger partial charge in [0.1, 0.15) is 0 Å². The molecule has 3 rings (SSSR count). The van der Waals surface area contributed by atoms with Gasteiger partial charge in [0.05, 0.1) is 19.8 Å². The fraction of sp³-hybridized carbons (Fsp3) is 0.708. The summed E-state index contributed by atoms with van der Waals surface area (Å²) in [5, 5.41) is 7.03. The van der Waals surface area contributed by atoms with Crippen LogP contribution in [0.15, 0.2) is 29.3 Å². The van der Waals surface area contributed by atoms with Crippen LogP contribution in [0.4, 0.5) is 5.69 Å². The number of rotatable bonds is 10. The summed E-state index contributed by atoms with van der Waals surface area (Å²) >= 11 is 0. The molecule has 2 fully saturated rings. The molecular formula is C24H40N4O2. The summed E-state index contributed by atoms with van der Waals surface area (Å²) in [4.78, 5) is 7.22. The van der Waals surface area contributed by atoms with Crippen LogP contribution in [0.5, 0.6) is 0 Å². The Morgan fingerprint density at radius 2 is 1.83 bits per heavy atom. The lowest BCUT2D eigenvalue weighted by Crippen LogP contribution is -2.43. The highest BCUT2D eigenvalue weighted by atomic mass is 16.5. The summed E-state index contributed by atoms with van der Waals surface area (Å²) < 4.78 is 11.1. The number of aliphatic imine (C=N–C) groups is 1. The normalized spacial score (nSPS) is 19.1. The highest BCUT2D eigenvalue weighted by Gasteiger charge is 2.33. The molecule has 0 spiro atoms. The molecule has 1 aliphatic carbocycles. The van der Waals surface area contributed by atoms with E-state index in [2.05, 4.69) is 53.6 Å². The SMILES string of the molecule is CCNC(=NCc1ccc(N2CCOCC2)cc1)NCC1(CCOCC)CCCC1. The molecule has 0 atom stereocenters. The number of benzene rings is 1. The van der Waals surface area contributed by atoms with Crippen LogP contribution in [-0.4, -0.2) is 58.6 Å². The summed E-state index contributed by atoms with van der Waals surface area (Å²) in [6, 6.07) is 8.80. The second-order valence-electron chi connectivity index (χ2n) is 8.47. The molecule has 168 valence electrons. The Kier molecular flexibility index (Phi) is 9.27. The van der Waals surface area contributed by atoms with E-state index in [0.29, 0.717) is 12.0 Å². The molecular weight excluding hydrogens is 376 g/mol. The number of nitrogens with one attached hydrogen (secondary N) is 2. The Morgan fingerprint density at radius 1 is 1.10 bits per heavy atom. The van der Waals surface area contributed by atoms with Crippen molar-refractivity contribution in [2.24, 2.45) is 10.4 Å². The highest BCUT2D eigenvalue weighted by Crippen LogP contribution is 2.40. The summed E-state index contributed by atoms with van der Waals surface area (Å²) in [5.74, 6) is 0.914. The molecule has 1 saturated carbocycles. The molecule has 2 aliphatic rings. The maximum Gasteiger partial charge on any atom is 0.191 e. The predicted octanol–water partition coefficient (Wildman–Crippen LogP) is 3.57. The number of guanidine groups is 1. The maximum absolute atomic E-state index is 5.65. The maximum atomic E-state index is 5.65. The lowest BCUT2D eigenvalue weighted by Gasteiger charge is -2.30. The van der Waals surface area contributed by atoms with Crippen LogP contribution in [0.25, 0.3) is 0 Å². The average molecular weight is 417 g/mol. The third kappa shape index (κ3) is 6.88. The number of anilines is 1. The average Bonchev–Trinajstić information content (AvgIpc) is 3.26. The van der Waals surface area contributed by atoms with E-state index in [0.717, 1.165) is 65.0 Å². The number of nitrogens with zero attached hydrogens (tertiary/aromatic N) is 2. The first-order chi connectivity index (χ1) is 14.7. The van der Waals surface area contributed by atoms with E-state index in [1.807, 2.05) is 0 Å². The topological polar surface area (TPSA) is 58.1 Å². The van der Waals surface area contributed by atoms with Crippen molar-refractivity contribution in [1.29, 1.82) is 0 Å². The minimum absolute atomic E-state index is 0.352. The minimum Gasteiger partial charge on any atom is -0.382 e. The Morgan fingerprint density at radius 3 is 2.50 bits per heavy atom. The van der Waals surface area contributed by atoms with Gasteiger partial charge in [-0.05, 0) is 56.2 Å². The van der Waals surface area contributed by atoms with Crippen molar-refractivity contribution >= 4 is 11.6 Å². The van der Waals surface area contributed by atoms with E-state index in [1.54, 1.807) is 0 Å². The largest absolute Gasteiger partial charge is 0.382 e. The molecule has 0 unspecified atom stereocenters. The molecule has 1 aromatic carbocycles. The van der Waals surface area contributed by atoms with Gasteiger partial charge < -0.3 is 25.0 Å². The first-order valence-electron chi connectivity index (χ1n) is 11.8. The Labute approximate surface area is 182 Å². The summed E-state index contributed by atoms with van der Waals surface area (Å²) in [6.45, 7) is 12.0. The summed E-state index contributed by atoms with van der Waals surface area (Å²) in [6.07, 6.45) is 6.37. The standard InChI is InChI=1S/C24H40N4O2/c1-3-25-23(27-20-24(11-5-6-12-24)13-16-29-4-2)26-19-21-7-9-22(10-8-21)28-14-17-30-18-15-28/h7-10H,3-6,11-20H2,1-2H3,(H2,25,26,27). The number of hydrogen-bond donors (Lipinski definition) is 2. The number of morpholine rings is 1. The fourth-order valence-electron chi connectivity index (χ4n) is 4.49. The molecule has 30 heavy (non-hydrogen) atoms. The van der Waals surface area contributed by atoms with E-state index in [-0.39, 0.29) is 0 Å². The third-order valence-electron chi connectivity index (χ3n) is 6.35. The number of hydrogen-bond acceptors (Lipinski definition) is 4. The zero-order chi connectivity index (χ0) is 21.1. The van der Waals surface area contributed by atoms with E-state index in [9.17, 15) is 0 Å². The van der Waals surface area contributed by atoms with E-state index in [4.69, 9.17) is 14.5 Å². The molecule has 1 saturated heterocycles. The van der Waals surface area contributed by atoms with Gasteiger partial charge in [0, 0.05) is 45.1 Å². The van der Waals surface area contributed by atoms with Crippen molar-refractivity contribution in [3.8, 4) is 0 Å². The van der Waals surface area contributed by atoms with Crippen LogP contribution in [0.2, 0.25) is 0 Å². The Balaban J connectivity index is 1.54. The first-order valence-corrected chi connectivity index (χ1v) is 11.8. The van der Waals surface area contributed by atoms with Crippen LogP contribution < -0.4 is 15.5 Å². The zero-order valence-corrected chi connectivity index (χ0v) is 18.9. The van der Waals surface area contributed by atoms with Crippen molar-refractivity contribution in [1.82, 2.24) is 10.6 Å². The van der Waals surface area contributed by atoms with Gasteiger partial charge in [-0.1, -0.05) is 25.0 Å².